The molecular weight excluding hydrogens is 229 g/mol. The Balaban J connectivity index is 2.14. The molecule has 3 aromatic rings. The third kappa shape index (κ3) is 1.77. The molecule has 2 heterocycles. The third-order valence-corrected chi connectivity index (χ3v) is 3.73. The molecule has 1 aromatic carbocycles. The molecule has 0 fully saturated rings. The zero-order chi connectivity index (χ0) is 11.7. The second-order valence-corrected chi connectivity index (χ2v) is 4.71. The van der Waals surface area contributed by atoms with Crippen molar-refractivity contribution < 1.29 is 4.79 Å². The van der Waals surface area contributed by atoms with E-state index in [1.54, 1.807) is 0 Å². The number of pyridine rings is 1. The molecule has 0 amide bonds. The summed E-state index contributed by atoms with van der Waals surface area (Å²) >= 11 is 0. The molecule has 0 radical (unpaired) electrons. The SMILES string of the molecule is O=C(c1ccccc1)c1pcc2ccccn12. The van der Waals surface area contributed by atoms with Gasteiger partial charge in [-0.3, -0.25) is 4.79 Å². The molecule has 3 rings (SSSR count). The van der Waals surface area contributed by atoms with Crippen molar-refractivity contribution in [2.24, 2.45) is 0 Å². The average molecular weight is 239 g/mol. The molecule has 17 heavy (non-hydrogen) atoms. The predicted molar refractivity (Wildman–Crippen MR) is 69.8 cm³/mol. The summed E-state index contributed by atoms with van der Waals surface area (Å²) in [7, 11) is 0.964. The monoisotopic (exact) mass is 239 g/mol. The van der Waals surface area contributed by atoms with Crippen molar-refractivity contribution >= 4 is 19.5 Å². The van der Waals surface area contributed by atoms with Gasteiger partial charge in [-0.15, -0.1) is 0 Å². The van der Waals surface area contributed by atoms with Gasteiger partial charge in [0.1, 0.15) is 5.43 Å². The van der Waals surface area contributed by atoms with Gasteiger partial charge in [0.2, 0.25) is 5.78 Å². The number of ketones is 1. The van der Waals surface area contributed by atoms with Crippen molar-refractivity contribution in [3.05, 3.63) is 71.5 Å². The normalized spacial score (nSPS) is 11.1. The summed E-state index contributed by atoms with van der Waals surface area (Å²) in [6.45, 7) is 0. The smallest absolute Gasteiger partial charge is 0.214 e. The first-order valence-corrected chi connectivity index (χ1v) is 6.34. The van der Waals surface area contributed by atoms with Crippen molar-refractivity contribution in [1.82, 2.24) is 4.40 Å². The number of nitrogens with zero attached hydrogens (tertiary/aromatic N) is 1. The molecule has 2 nitrogen and oxygen atoms in total. The maximum atomic E-state index is 12.3. The highest BCUT2D eigenvalue weighted by molar-refractivity contribution is 7.32. The summed E-state index contributed by atoms with van der Waals surface area (Å²) < 4.78 is 1.96. The zero-order valence-electron chi connectivity index (χ0n) is 9.08. The predicted octanol–water partition coefficient (Wildman–Crippen LogP) is 3.75. The number of carbonyl (C=O) groups excluding carboxylic acids is 1. The van der Waals surface area contributed by atoms with Crippen LogP contribution in [0.5, 0.6) is 0 Å². The first-order chi connectivity index (χ1) is 8.36. The highest BCUT2D eigenvalue weighted by Gasteiger charge is 2.12. The fourth-order valence-electron chi connectivity index (χ4n) is 1.83. The van der Waals surface area contributed by atoms with Crippen molar-refractivity contribution in [2.45, 2.75) is 0 Å². The first kappa shape index (κ1) is 10.2. The first-order valence-electron chi connectivity index (χ1n) is 5.38. The molecule has 0 saturated carbocycles. The minimum Gasteiger partial charge on any atom is -0.310 e. The lowest BCUT2D eigenvalue weighted by atomic mass is 10.1. The van der Waals surface area contributed by atoms with E-state index < -0.39 is 0 Å². The lowest BCUT2D eigenvalue weighted by molar-refractivity contribution is 0.103. The molecule has 2 aromatic heterocycles. The van der Waals surface area contributed by atoms with E-state index in [4.69, 9.17) is 0 Å². The molecule has 0 bridgehead atoms. The Morgan fingerprint density at radius 1 is 1.00 bits per heavy atom. The van der Waals surface area contributed by atoms with E-state index in [0.717, 1.165) is 24.7 Å². The van der Waals surface area contributed by atoms with Crippen molar-refractivity contribution in [3.63, 3.8) is 0 Å². The molecule has 0 N–H and O–H groups in total. The van der Waals surface area contributed by atoms with Crippen LogP contribution >= 0.6 is 8.19 Å². The van der Waals surface area contributed by atoms with Crippen LogP contribution in [0.3, 0.4) is 0 Å². The minimum atomic E-state index is 0.0958. The molecule has 0 aliphatic heterocycles. The molecule has 0 spiro atoms. The van der Waals surface area contributed by atoms with Gasteiger partial charge in [-0.2, -0.15) is 0 Å². The molecule has 0 unspecified atom stereocenters. The van der Waals surface area contributed by atoms with Crippen molar-refractivity contribution in [3.8, 4) is 0 Å². The van der Waals surface area contributed by atoms with Gasteiger partial charge in [0.15, 0.2) is 0 Å². The largest absolute Gasteiger partial charge is 0.310 e. The van der Waals surface area contributed by atoms with Gasteiger partial charge < -0.3 is 4.40 Å². The second kappa shape index (κ2) is 4.15. The van der Waals surface area contributed by atoms with Crippen LogP contribution < -0.4 is 0 Å². The highest BCUT2D eigenvalue weighted by Crippen LogP contribution is 2.23. The minimum absolute atomic E-state index is 0.0958. The molecule has 3 heteroatoms. The van der Waals surface area contributed by atoms with E-state index >= 15 is 0 Å². The Morgan fingerprint density at radius 3 is 2.59 bits per heavy atom. The van der Waals surface area contributed by atoms with Crippen LogP contribution in [-0.4, -0.2) is 10.2 Å². The summed E-state index contributed by atoms with van der Waals surface area (Å²) in [5.74, 6) is 2.15. The van der Waals surface area contributed by atoms with E-state index in [2.05, 4.69) is 5.80 Å². The lowest BCUT2D eigenvalue weighted by Crippen LogP contribution is -2.03. The topological polar surface area (TPSA) is 21.5 Å². The van der Waals surface area contributed by atoms with Crippen LogP contribution in [-0.2, 0) is 0 Å². The van der Waals surface area contributed by atoms with Crippen LogP contribution in [0.25, 0.3) is 5.52 Å². The van der Waals surface area contributed by atoms with Crippen molar-refractivity contribution in [1.29, 1.82) is 0 Å². The maximum Gasteiger partial charge on any atom is 0.214 e. The van der Waals surface area contributed by atoms with E-state index in [0.29, 0.717) is 0 Å². The van der Waals surface area contributed by atoms with Crippen LogP contribution in [0, 0.1) is 0 Å². The quantitative estimate of drug-likeness (QED) is 0.624. The van der Waals surface area contributed by atoms with Gasteiger partial charge in [-0.1, -0.05) is 36.4 Å². The molecule has 0 atom stereocenters. The third-order valence-electron chi connectivity index (χ3n) is 2.68. The van der Waals surface area contributed by atoms with Gasteiger partial charge >= 0.3 is 0 Å². The van der Waals surface area contributed by atoms with Gasteiger partial charge in [-0.05, 0) is 26.1 Å². The Labute approximate surface area is 101 Å². The lowest BCUT2D eigenvalue weighted by Gasteiger charge is -2.01. The number of hydrogen-bond donors (Lipinski definition) is 0. The maximum absolute atomic E-state index is 12.3. The van der Waals surface area contributed by atoms with Gasteiger partial charge in [0, 0.05) is 11.8 Å². The molecule has 82 valence electrons. The summed E-state index contributed by atoms with van der Waals surface area (Å²) in [6.07, 6.45) is 1.93. The Morgan fingerprint density at radius 2 is 1.76 bits per heavy atom. The molecule has 0 aliphatic rings. The fraction of sp³-hybridized carbons (Fsp3) is 0. The average Bonchev–Trinajstić information content (AvgIpc) is 2.83. The summed E-state index contributed by atoms with van der Waals surface area (Å²) in [5, 5.41) is 0. The van der Waals surface area contributed by atoms with Gasteiger partial charge in [-0.25, -0.2) is 0 Å². The number of hydrogen-bond acceptors (Lipinski definition) is 1. The van der Waals surface area contributed by atoms with E-state index in [9.17, 15) is 4.79 Å². The number of carbonyl (C=O) groups is 1. The second-order valence-electron chi connectivity index (χ2n) is 3.77. The fourth-order valence-corrected chi connectivity index (χ4v) is 2.85. The zero-order valence-corrected chi connectivity index (χ0v) is 9.97. The van der Waals surface area contributed by atoms with Crippen molar-refractivity contribution in [2.75, 3.05) is 0 Å². The van der Waals surface area contributed by atoms with E-state index in [1.165, 1.54) is 0 Å². The Hall–Kier alpha value is -1.92. The van der Waals surface area contributed by atoms with Crippen LogP contribution in [0.2, 0.25) is 0 Å². The van der Waals surface area contributed by atoms with Gasteiger partial charge in [0.05, 0.1) is 5.52 Å². The standard InChI is InChI=1S/C14H10NOP/c16-13(11-6-2-1-3-7-11)14-15-9-5-4-8-12(15)10-17-14/h1-10H. The summed E-state index contributed by atoms with van der Waals surface area (Å²) in [6, 6.07) is 15.3. The molecule has 0 saturated heterocycles. The van der Waals surface area contributed by atoms with E-state index in [-0.39, 0.29) is 5.78 Å². The van der Waals surface area contributed by atoms with Crippen LogP contribution in [0.4, 0.5) is 0 Å². The van der Waals surface area contributed by atoms with Gasteiger partial charge in [0.25, 0.3) is 0 Å². The van der Waals surface area contributed by atoms with Crippen LogP contribution in [0.15, 0.2) is 60.5 Å². The summed E-state index contributed by atoms with van der Waals surface area (Å²) in [5.41, 5.74) is 2.62. The van der Waals surface area contributed by atoms with E-state index in [1.807, 2.05) is 59.1 Å². The Kier molecular flexibility index (Phi) is 2.50. The summed E-state index contributed by atoms with van der Waals surface area (Å²) in [4.78, 5) is 12.3. The number of rotatable bonds is 2. The molecule has 0 aliphatic carbocycles. The Bertz CT molecular complexity index is 673. The van der Waals surface area contributed by atoms with Crippen LogP contribution in [0.1, 0.15) is 15.8 Å². The molecular formula is C14H10NOP. The number of benzene rings is 1. The highest BCUT2D eigenvalue weighted by atomic mass is 31.0. The number of aromatic nitrogens is 1. The number of fused-ring (bicyclic) bond motifs is 1.